The normalized spacial score (nSPS) is 19.1. The van der Waals surface area contributed by atoms with E-state index in [2.05, 4.69) is 11.9 Å². The predicted octanol–water partition coefficient (Wildman–Crippen LogP) is 3.05. The lowest BCUT2D eigenvalue weighted by atomic mass is 10.0. The SMILES string of the molecule is CCCC1Cc2[nH]c3ccccc3c2C(=O)O1. The van der Waals surface area contributed by atoms with Gasteiger partial charge in [-0.15, -0.1) is 0 Å². The summed E-state index contributed by atoms with van der Waals surface area (Å²) in [5.74, 6) is -0.179. The third-order valence-electron chi connectivity index (χ3n) is 3.30. The van der Waals surface area contributed by atoms with Crippen LogP contribution in [0, 0.1) is 0 Å². The molecule has 17 heavy (non-hydrogen) atoms. The van der Waals surface area contributed by atoms with Crippen LogP contribution in [-0.2, 0) is 11.2 Å². The minimum atomic E-state index is -0.179. The topological polar surface area (TPSA) is 42.1 Å². The first-order valence-corrected chi connectivity index (χ1v) is 6.10. The Bertz CT molecular complexity index is 571. The van der Waals surface area contributed by atoms with E-state index < -0.39 is 0 Å². The summed E-state index contributed by atoms with van der Waals surface area (Å²) in [7, 11) is 0. The molecule has 0 fully saturated rings. The van der Waals surface area contributed by atoms with Crippen molar-refractivity contribution >= 4 is 16.9 Å². The highest BCUT2D eigenvalue weighted by Crippen LogP contribution is 2.29. The smallest absolute Gasteiger partial charge is 0.340 e. The van der Waals surface area contributed by atoms with Gasteiger partial charge in [0.2, 0.25) is 0 Å². The molecule has 3 rings (SSSR count). The molecule has 2 heterocycles. The molecule has 1 atom stereocenters. The van der Waals surface area contributed by atoms with Gasteiger partial charge in [-0.2, -0.15) is 0 Å². The first-order valence-electron chi connectivity index (χ1n) is 6.10. The van der Waals surface area contributed by atoms with E-state index in [-0.39, 0.29) is 12.1 Å². The van der Waals surface area contributed by atoms with E-state index in [1.807, 2.05) is 24.3 Å². The van der Waals surface area contributed by atoms with Crippen LogP contribution in [0.2, 0.25) is 0 Å². The fourth-order valence-corrected chi connectivity index (χ4v) is 2.55. The lowest BCUT2D eigenvalue weighted by Gasteiger charge is -2.22. The van der Waals surface area contributed by atoms with E-state index in [4.69, 9.17) is 4.74 Å². The number of rotatable bonds is 2. The third-order valence-corrected chi connectivity index (χ3v) is 3.30. The number of benzene rings is 1. The first-order chi connectivity index (χ1) is 8.29. The van der Waals surface area contributed by atoms with Crippen LogP contribution in [0.25, 0.3) is 10.9 Å². The number of para-hydroxylation sites is 1. The first kappa shape index (κ1) is 10.4. The van der Waals surface area contributed by atoms with E-state index >= 15 is 0 Å². The van der Waals surface area contributed by atoms with Gasteiger partial charge in [0, 0.05) is 23.0 Å². The molecule has 0 spiro atoms. The van der Waals surface area contributed by atoms with E-state index in [0.29, 0.717) is 0 Å². The van der Waals surface area contributed by atoms with E-state index in [1.54, 1.807) is 0 Å². The molecule has 0 amide bonds. The molecule has 1 aromatic carbocycles. The average molecular weight is 229 g/mol. The summed E-state index contributed by atoms with van der Waals surface area (Å²) in [6.07, 6.45) is 2.81. The van der Waals surface area contributed by atoms with Crippen molar-refractivity contribution in [1.29, 1.82) is 0 Å². The molecule has 3 heteroatoms. The number of hydrogen-bond acceptors (Lipinski definition) is 2. The van der Waals surface area contributed by atoms with Crippen molar-refractivity contribution in [2.45, 2.75) is 32.3 Å². The van der Waals surface area contributed by atoms with Crippen molar-refractivity contribution < 1.29 is 9.53 Å². The Morgan fingerprint density at radius 3 is 3.06 bits per heavy atom. The average Bonchev–Trinajstić information content (AvgIpc) is 2.67. The van der Waals surface area contributed by atoms with Gasteiger partial charge >= 0.3 is 5.97 Å². The summed E-state index contributed by atoms with van der Waals surface area (Å²) in [5, 5.41) is 0.974. The van der Waals surface area contributed by atoms with E-state index in [0.717, 1.165) is 41.4 Å². The van der Waals surface area contributed by atoms with Gasteiger partial charge in [-0.1, -0.05) is 31.5 Å². The van der Waals surface area contributed by atoms with Crippen LogP contribution in [0.3, 0.4) is 0 Å². The Morgan fingerprint density at radius 2 is 2.24 bits per heavy atom. The molecular formula is C14H15NO2. The van der Waals surface area contributed by atoms with Gasteiger partial charge in [-0.05, 0) is 12.5 Å². The highest BCUT2D eigenvalue weighted by Gasteiger charge is 2.29. The molecule has 0 radical (unpaired) electrons. The Kier molecular flexibility index (Phi) is 2.39. The number of H-pyrrole nitrogens is 1. The second kappa shape index (κ2) is 3.91. The Morgan fingerprint density at radius 1 is 1.41 bits per heavy atom. The lowest BCUT2D eigenvalue weighted by Crippen LogP contribution is -2.27. The van der Waals surface area contributed by atoms with Crippen molar-refractivity contribution in [3.8, 4) is 0 Å². The third kappa shape index (κ3) is 1.62. The summed E-state index contributed by atoms with van der Waals surface area (Å²) in [4.78, 5) is 15.3. The fourth-order valence-electron chi connectivity index (χ4n) is 2.55. The molecule has 0 bridgehead atoms. The van der Waals surface area contributed by atoms with Gasteiger partial charge in [0.1, 0.15) is 6.10 Å². The number of nitrogens with one attached hydrogen (secondary N) is 1. The molecule has 88 valence electrons. The number of carbonyl (C=O) groups is 1. The minimum absolute atomic E-state index is 0.0352. The number of hydrogen-bond donors (Lipinski definition) is 1. The van der Waals surface area contributed by atoms with Crippen LogP contribution in [0.4, 0.5) is 0 Å². The quantitative estimate of drug-likeness (QED) is 0.804. The predicted molar refractivity (Wildman–Crippen MR) is 66.1 cm³/mol. The van der Waals surface area contributed by atoms with Crippen molar-refractivity contribution in [2.75, 3.05) is 0 Å². The van der Waals surface area contributed by atoms with Crippen LogP contribution in [0.5, 0.6) is 0 Å². The molecule has 1 N–H and O–H groups in total. The lowest BCUT2D eigenvalue weighted by molar-refractivity contribution is 0.0237. The Balaban J connectivity index is 2.09. The van der Waals surface area contributed by atoms with Crippen LogP contribution >= 0.6 is 0 Å². The van der Waals surface area contributed by atoms with Crippen molar-refractivity contribution in [1.82, 2.24) is 4.98 Å². The summed E-state index contributed by atoms with van der Waals surface area (Å²) in [6.45, 7) is 2.11. The van der Waals surface area contributed by atoms with Gasteiger partial charge < -0.3 is 9.72 Å². The number of esters is 1. The maximum absolute atomic E-state index is 12.0. The molecule has 0 aliphatic carbocycles. The highest BCUT2D eigenvalue weighted by molar-refractivity contribution is 6.06. The van der Waals surface area contributed by atoms with Gasteiger partial charge in [0.05, 0.1) is 5.56 Å². The zero-order valence-electron chi connectivity index (χ0n) is 9.82. The van der Waals surface area contributed by atoms with Crippen LogP contribution in [0.15, 0.2) is 24.3 Å². The van der Waals surface area contributed by atoms with E-state index in [9.17, 15) is 4.79 Å². The molecular weight excluding hydrogens is 214 g/mol. The Hall–Kier alpha value is -1.77. The monoisotopic (exact) mass is 229 g/mol. The number of ether oxygens (including phenoxy) is 1. The summed E-state index contributed by atoms with van der Waals surface area (Å²) >= 11 is 0. The van der Waals surface area contributed by atoms with Crippen molar-refractivity contribution in [3.05, 3.63) is 35.5 Å². The van der Waals surface area contributed by atoms with Crippen molar-refractivity contribution in [3.63, 3.8) is 0 Å². The van der Waals surface area contributed by atoms with Crippen LogP contribution in [0.1, 0.15) is 35.8 Å². The number of cyclic esters (lactones) is 1. The van der Waals surface area contributed by atoms with Crippen LogP contribution in [-0.4, -0.2) is 17.1 Å². The molecule has 3 nitrogen and oxygen atoms in total. The van der Waals surface area contributed by atoms with Crippen LogP contribution < -0.4 is 0 Å². The zero-order valence-corrected chi connectivity index (χ0v) is 9.82. The molecule has 0 saturated heterocycles. The number of carbonyl (C=O) groups excluding carboxylic acids is 1. The molecule has 1 unspecified atom stereocenters. The minimum Gasteiger partial charge on any atom is -0.458 e. The van der Waals surface area contributed by atoms with Gasteiger partial charge in [-0.3, -0.25) is 0 Å². The summed E-state index contributed by atoms with van der Waals surface area (Å²) in [5.41, 5.74) is 2.78. The molecule has 1 aliphatic rings. The molecule has 2 aromatic rings. The number of fused-ring (bicyclic) bond motifs is 3. The second-order valence-corrected chi connectivity index (χ2v) is 4.54. The highest BCUT2D eigenvalue weighted by atomic mass is 16.5. The van der Waals surface area contributed by atoms with E-state index in [1.165, 1.54) is 0 Å². The second-order valence-electron chi connectivity index (χ2n) is 4.54. The number of aromatic amines is 1. The molecule has 0 saturated carbocycles. The summed E-state index contributed by atoms with van der Waals surface area (Å²) < 4.78 is 5.46. The van der Waals surface area contributed by atoms with Gasteiger partial charge in [0.25, 0.3) is 0 Å². The largest absolute Gasteiger partial charge is 0.458 e. The number of aromatic nitrogens is 1. The molecule has 1 aliphatic heterocycles. The maximum atomic E-state index is 12.0. The standard InChI is InChI=1S/C14H15NO2/c1-2-5-9-8-12-13(14(16)17-9)10-6-3-4-7-11(10)15-12/h3-4,6-7,9,15H,2,5,8H2,1H3. The van der Waals surface area contributed by atoms with Gasteiger partial charge in [0.15, 0.2) is 0 Å². The van der Waals surface area contributed by atoms with Crippen molar-refractivity contribution in [2.24, 2.45) is 0 Å². The zero-order chi connectivity index (χ0) is 11.8. The fraction of sp³-hybridized carbons (Fsp3) is 0.357. The maximum Gasteiger partial charge on any atom is 0.340 e. The van der Waals surface area contributed by atoms with Gasteiger partial charge in [-0.25, -0.2) is 4.79 Å². The summed E-state index contributed by atoms with van der Waals surface area (Å²) in [6, 6.07) is 7.88. The molecule has 1 aromatic heterocycles. The Labute approximate surface area is 99.8 Å².